The van der Waals surface area contributed by atoms with Crippen molar-refractivity contribution in [3.8, 4) is 11.5 Å². The molecule has 0 saturated carbocycles. The van der Waals surface area contributed by atoms with Gasteiger partial charge in [-0.3, -0.25) is 4.79 Å². The molecule has 0 fully saturated rings. The van der Waals surface area contributed by atoms with Gasteiger partial charge < -0.3 is 9.84 Å². The lowest BCUT2D eigenvalue weighted by atomic mass is 9.98. The van der Waals surface area contributed by atoms with E-state index >= 15 is 0 Å². The monoisotopic (exact) mass is 226 g/mol. The number of phenols is 1. The predicted molar refractivity (Wildman–Crippen MR) is 58.5 cm³/mol. The predicted octanol–water partition coefficient (Wildman–Crippen LogP) is 2.29. The number of benzene rings is 1. The van der Waals surface area contributed by atoms with Crippen LogP contribution >= 0.6 is 0 Å². The Hall–Kier alpha value is -1.58. The van der Waals surface area contributed by atoms with Crippen molar-refractivity contribution in [2.24, 2.45) is 0 Å². The second kappa shape index (κ2) is 4.51. The van der Waals surface area contributed by atoms with Crippen LogP contribution in [0, 0.1) is 19.7 Å². The van der Waals surface area contributed by atoms with Gasteiger partial charge in [-0.05, 0) is 26.3 Å². The van der Waals surface area contributed by atoms with E-state index < -0.39 is 5.82 Å². The molecule has 1 aromatic carbocycles. The van der Waals surface area contributed by atoms with Gasteiger partial charge in [-0.25, -0.2) is 4.39 Å². The highest BCUT2D eigenvalue weighted by Gasteiger charge is 2.20. The van der Waals surface area contributed by atoms with Crippen LogP contribution < -0.4 is 4.74 Å². The number of halogens is 1. The van der Waals surface area contributed by atoms with E-state index in [1.54, 1.807) is 6.92 Å². The van der Waals surface area contributed by atoms with Crippen LogP contribution in [0.4, 0.5) is 4.39 Å². The number of carbonyl (C=O) groups excluding carboxylic acids is 1. The van der Waals surface area contributed by atoms with Crippen molar-refractivity contribution < 1.29 is 19.0 Å². The molecule has 16 heavy (non-hydrogen) atoms. The molecule has 0 aliphatic carbocycles. The van der Waals surface area contributed by atoms with Gasteiger partial charge in [0.05, 0.1) is 7.11 Å². The smallest absolute Gasteiger partial charge is 0.166 e. The first-order valence-corrected chi connectivity index (χ1v) is 4.94. The van der Waals surface area contributed by atoms with Gasteiger partial charge in [-0.1, -0.05) is 0 Å². The third kappa shape index (κ3) is 2.01. The van der Waals surface area contributed by atoms with Gasteiger partial charge in [0.1, 0.15) is 11.6 Å². The highest BCUT2D eigenvalue weighted by molar-refractivity contribution is 5.80. The van der Waals surface area contributed by atoms with Crippen molar-refractivity contribution in [3.05, 3.63) is 22.5 Å². The molecule has 0 aliphatic heterocycles. The average molecular weight is 226 g/mol. The van der Waals surface area contributed by atoms with Crippen LogP contribution in [0.25, 0.3) is 0 Å². The summed E-state index contributed by atoms with van der Waals surface area (Å²) >= 11 is 0. The Morgan fingerprint density at radius 1 is 1.38 bits per heavy atom. The lowest BCUT2D eigenvalue weighted by molar-refractivity contribution is -0.116. The number of Topliss-reactive ketones (excluding diaryl/α,β-unsaturated/α-hetero) is 1. The van der Waals surface area contributed by atoms with Crippen LogP contribution in [0.1, 0.15) is 23.6 Å². The van der Waals surface area contributed by atoms with Gasteiger partial charge in [0, 0.05) is 17.5 Å². The Morgan fingerprint density at radius 2 is 1.94 bits per heavy atom. The first-order valence-electron chi connectivity index (χ1n) is 4.94. The molecule has 1 aromatic rings. The standard InChI is InChI=1S/C12H15FO3/c1-6(14)5-9-7(2)10(13)8(3)12(16-4)11(9)15/h15H,5H2,1-4H3. The molecule has 88 valence electrons. The van der Waals surface area contributed by atoms with E-state index in [1.165, 1.54) is 21.0 Å². The van der Waals surface area contributed by atoms with Crippen molar-refractivity contribution in [3.63, 3.8) is 0 Å². The molecule has 0 saturated heterocycles. The van der Waals surface area contributed by atoms with Crippen molar-refractivity contribution in [1.29, 1.82) is 0 Å². The molecule has 0 spiro atoms. The molecule has 1 rings (SSSR count). The van der Waals surface area contributed by atoms with Crippen LogP contribution in [0.2, 0.25) is 0 Å². The molecule has 3 nitrogen and oxygen atoms in total. The molecule has 4 heteroatoms. The molecular weight excluding hydrogens is 211 g/mol. The summed E-state index contributed by atoms with van der Waals surface area (Å²) in [5.74, 6) is -0.622. The Kier molecular flexibility index (Phi) is 3.52. The number of carbonyl (C=O) groups is 1. The summed E-state index contributed by atoms with van der Waals surface area (Å²) < 4.78 is 18.7. The van der Waals surface area contributed by atoms with Crippen molar-refractivity contribution in [2.45, 2.75) is 27.2 Å². The fraction of sp³-hybridized carbons (Fsp3) is 0.417. The van der Waals surface area contributed by atoms with Crippen LogP contribution in [0.3, 0.4) is 0 Å². The number of aromatic hydroxyl groups is 1. The van der Waals surface area contributed by atoms with Crippen molar-refractivity contribution >= 4 is 5.78 Å². The van der Waals surface area contributed by atoms with E-state index in [0.717, 1.165) is 0 Å². The van der Waals surface area contributed by atoms with Crippen LogP contribution in [-0.2, 0) is 11.2 Å². The maximum absolute atomic E-state index is 13.8. The van der Waals surface area contributed by atoms with E-state index in [0.29, 0.717) is 11.1 Å². The quantitative estimate of drug-likeness (QED) is 0.860. The van der Waals surface area contributed by atoms with Crippen LogP contribution in [0.15, 0.2) is 0 Å². The minimum absolute atomic E-state index is 0.00519. The average Bonchev–Trinajstić information content (AvgIpc) is 2.22. The molecule has 0 aromatic heterocycles. The first-order chi connectivity index (χ1) is 7.40. The Balaban J connectivity index is 3.48. The molecule has 0 unspecified atom stereocenters. The topological polar surface area (TPSA) is 46.5 Å². The third-order valence-corrected chi connectivity index (χ3v) is 2.58. The van der Waals surface area contributed by atoms with E-state index in [-0.39, 0.29) is 29.3 Å². The second-order valence-corrected chi connectivity index (χ2v) is 3.80. The van der Waals surface area contributed by atoms with E-state index in [9.17, 15) is 14.3 Å². The maximum atomic E-state index is 13.8. The second-order valence-electron chi connectivity index (χ2n) is 3.80. The number of phenolic OH excluding ortho intramolecular Hbond substituents is 1. The van der Waals surface area contributed by atoms with Gasteiger partial charge in [-0.15, -0.1) is 0 Å². The molecule has 0 heterocycles. The molecule has 0 amide bonds. The number of methoxy groups -OCH3 is 1. The van der Waals surface area contributed by atoms with Crippen LogP contribution in [0.5, 0.6) is 11.5 Å². The largest absolute Gasteiger partial charge is 0.504 e. The fourth-order valence-electron chi connectivity index (χ4n) is 1.72. The molecule has 0 aliphatic rings. The summed E-state index contributed by atoms with van der Waals surface area (Å²) in [5, 5.41) is 9.88. The molecule has 0 bridgehead atoms. The fourth-order valence-corrected chi connectivity index (χ4v) is 1.72. The van der Waals surface area contributed by atoms with Crippen molar-refractivity contribution in [1.82, 2.24) is 0 Å². The van der Waals surface area contributed by atoms with Gasteiger partial charge in [-0.2, -0.15) is 0 Å². The first kappa shape index (κ1) is 12.5. The van der Waals surface area contributed by atoms with Gasteiger partial charge >= 0.3 is 0 Å². The zero-order valence-corrected chi connectivity index (χ0v) is 9.85. The lowest BCUT2D eigenvalue weighted by Gasteiger charge is -2.15. The minimum Gasteiger partial charge on any atom is -0.504 e. The summed E-state index contributed by atoms with van der Waals surface area (Å²) in [6.07, 6.45) is 0.00519. The third-order valence-electron chi connectivity index (χ3n) is 2.58. The highest BCUT2D eigenvalue weighted by atomic mass is 19.1. The maximum Gasteiger partial charge on any atom is 0.166 e. The molecule has 1 N–H and O–H groups in total. The molecule has 0 atom stereocenters. The van der Waals surface area contributed by atoms with Gasteiger partial charge in [0.2, 0.25) is 0 Å². The number of ketones is 1. The summed E-state index contributed by atoms with van der Waals surface area (Å²) in [4.78, 5) is 11.0. The van der Waals surface area contributed by atoms with Gasteiger partial charge in [0.15, 0.2) is 11.5 Å². The number of hydrogen-bond donors (Lipinski definition) is 1. The molecule has 0 radical (unpaired) electrons. The Morgan fingerprint density at radius 3 is 2.38 bits per heavy atom. The lowest BCUT2D eigenvalue weighted by Crippen LogP contribution is -2.05. The zero-order valence-electron chi connectivity index (χ0n) is 9.85. The summed E-state index contributed by atoms with van der Waals surface area (Å²) in [6.45, 7) is 4.46. The SMILES string of the molecule is COc1c(C)c(F)c(C)c(CC(C)=O)c1O. The highest BCUT2D eigenvalue weighted by Crippen LogP contribution is 2.38. The summed E-state index contributed by atoms with van der Waals surface area (Å²) in [7, 11) is 1.36. The Bertz CT molecular complexity index is 439. The summed E-state index contributed by atoms with van der Waals surface area (Å²) in [6, 6.07) is 0. The van der Waals surface area contributed by atoms with Crippen molar-refractivity contribution in [2.75, 3.05) is 7.11 Å². The Labute approximate surface area is 93.9 Å². The van der Waals surface area contributed by atoms with Gasteiger partial charge in [0.25, 0.3) is 0 Å². The zero-order chi connectivity index (χ0) is 12.5. The summed E-state index contributed by atoms with van der Waals surface area (Å²) in [5.41, 5.74) is 0.850. The molecular formula is C12H15FO3. The number of rotatable bonds is 3. The van der Waals surface area contributed by atoms with E-state index in [1.807, 2.05) is 0 Å². The number of hydrogen-bond acceptors (Lipinski definition) is 3. The number of ether oxygens (including phenoxy) is 1. The normalized spacial score (nSPS) is 10.3. The minimum atomic E-state index is -0.439. The van der Waals surface area contributed by atoms with E-state index in [2.05, 4.69) is 0 Å². The van der Waals surface area contributed by atoms with E-state index in [4.69, 9.17) is 4.74 Å². The van der Waals surface area contributed by atoms with Crippen LogP contribution in [-0.4, -0.2) is 18.0 Å².